The predicted octanol–water partition coefficient (Wildman–Crippen LogP) is 2.84. The molecule has 1 atom stereocenters. The Labute approximate surface area is 159 Å². The number of aromatic nitrogens is 2. The number of hydrogen-bond acceptors (Lipinski definition) is 5. The molecule has 1 saturated carbocycles. The van der Waals surface area contributed by atoms with E-state index in [1.54, 1.807) is 6.92 Å². The highest BCUT2D eigenvalue weighted by molar-refractivity contribution is 7.86. The van der Waals surface area contributed by atoms with E-state index in [4.69, 9.17) is 9.66 Å². The van der Waals surface area contributed by atoms with Gasteiger partial charge in [-0.05, 0) is 49.3 Å². The van der Waals surface area contributed by atoms with E-state index < -0.39 is 21.9 Å². The van der Waals surface area contributed by atoms with E-state index in [1.807, 2.05) is 0 Å². The number of halogens is 3. The summed E-state index contributed by atoms with van der Waals surface area (Å²) in [5, 5.41) is 9.15. The molecule has 2 heterocycles. The molecule has 152 valence electrons. The minimum atomic E-state index is -4.46. The van der Waals surface area contributed by atoms with Gasteiger partial charge in [-0.25, -0.2) is 5.14 Å². The summed E-state index contributed by atoms with van der Waals surface area (Å²) < 4.78 is 68.4. The first-order chi connectivity index (χ1) is 13.0. The smallest absolute Gasteiger partial charge is 0.334 e. The van der Waals surface area contributed by atoms with Crippen molar-refractivity contribution in [2.75, 3.05) is 13.1 Å². The van der Waals surface area contributed by atoms with Gasteiger partial charge in [0.25, 0.3) is 16.1 Å². The van der Waals surface area contributed by atoms with E-state index in [0.29, 0.717) is 37.3 Å². The number of aryl methyl sites for hydroxylation is 1. The molecule has 0 unspecified atom stereocenters. The van der Waals surface area contributed by atoms with Crippen molar-refractivity contribution in [2.24, 2.45) is 10.6 Å². The molecule has 7 nitrogen and oxygen atoms in total. The summed E-state index contributed by atoms with van der Waals surface area (Å²) in [4.78, 5) is 4.34. The largest absolute Gasteiger partial charge is 0.416 e. The number of alkyl halides is 3. The van der Waals surface area contributed by atoms with Gasteiger partial charge in [-0.1, -0.05) is 11.2 Å². The minimum Gasteiger partial charge on any atom is -0.334 e. The molecule has 28 heavy (non-hydrogen) atoms. The van der Waals surface area contributed by atoms with E-state index in [0.717, 1.165) is 18.6 Å². The number of benzene rings is 1. The van der Waals surface area contributed by atoms with E-state index in [1.165, 1.54) is 10.4 Å². The van der Waals surface area contributed by atoms with Crippen LogP contribution in [0.4, 0.5) is 13.2 Å². The quantitative estimate of drug-likeness (QED) is 0.829. The van der Waals surface area contributed by atoms with Gasteiger partial charge in [0, 0.05) is 24.6 Å². The van der Waals surface area contributed by atoms with Crippen molar-refractivity contribution in [3.8, 4) is 11.5 Å². The number of nitrogens with two attached hydrogens (primary N) is 1. The van der Waals surface area contributed by atoms with Gasteiger partial charge in [-0.3, -0.25) is 0 Å². The molecule has 1 saturated heterocycles. The Balaban J connectivity index is 1.53. The second-order valence-electron chi connectivity index (χ2n) is 7.55. The lowest BCUT2D eigenvalue weighted by atomic mass is 9.92. The first kappa shape index (κ1) is 19.3. The van der Waals surface area contributed by atoms with Gasteiger partial charge in [0.1, 0.15) is 0 Å². The van der Waals surface area contributed by atoms with Crippen LogP contribution in [0, 0.1) is 12.3 Å². The molecular weight excluding hydrogens is 397 g/mol. The van der Waals surface area contributed by atoms with Crippen LogP contribution in [0.1, 0.15) is 42.1 Å². The average molecular weight is 416 g/mol. The summed E-state index contributed by atoms with van der Waals surface area (Å²) in [5.41, 5.74) is -0.000773. The zero-order valence-electron chi connectivity index (χ0n) is 15.0. The molecule has 2 aliphatic rings. The van der Waals surface area contributed by atoms with Gasteiger partial charge in [-0.15, -0.1) is 0 Å². The molecule has 1 aromatic carbocycles. The molecule has 0 amide bonds. The van der Waals surface area contributed by atoms with Crippen molar-refractivity contribution in [2.45, 2.75) is 38.3 Å². The van der Waals surface area contributed by atoms with Gasteiger partial charge in [0.2, 0.25) is 0 Å². The van der Waals surface area contributed by atoms with Crippen LogP contribution < -0.4 is 5.14 Å². The number of piperidine rings is 1. The minimum absolute atomic E-state index is 0.0127. The van der Waals surface area contributed by atoms with Crippen molar-refractivity contribution in [3.05, 3.63) is 35.2 Å². The Morgan fingerprint density at radius 2 is 1.96 bits per heavy atom. The fraction of sp³-hybridized carbons (Fsp3) is 0.529. The molecule has 0 bridgehead atoms. The molecule has 1 aliphatic carbocycles. The molecule has 1 aromatic heterocycles. The lowest BCUT2D eigenvalue weighted by Crippen LogP contribution is -2.43. The molecular formula is C17H19F3N4O3S. The number of rotatable bonds is 3. The van der Waals surface area contributed by atoms with Gasteiger partial charge in [0.15, 0.2) is 5.82 Å². The monoisotopic (exact) mass is 416 g/mol. The van der Waals surface area contributed by atoms with Crippen molar-refractivity contribution in [3.63, 3.8) is 0 Å². The van der Waals surface area contributed by atoms with Crippen LogP contribution in [-0.2, 0) is 16.4 Å². The summed E-state index contributed by atoms with van der Waals surface area (Å²) >= 11 is 0. The molecule has 1 aliphatic heterocycles. The van der Waals surface area contributed by atoms with Crippen LogP contribution in [0.5, 0.6) is 0 Å². The highest BCUT2D eigenvalue weighted by Crippen LogP contribution is 2.64. The third kappa shape index (κ3) is 3.42. The number of hydrogen-bond donors (Lipinski definition) is 1. The van der Waals surface area contributed by atoms with Crippen LogP contribution in [0.15, 0.2) is 22.7 Å². The molecule has 4 rings (SSSR count). The number of nitrogens with zero attached hydrogens (tertiary/aromatic N) is 3. The summed E-state index contributed by atoms with van der Waals surface area (Å²) in [6, 6.07) is 3.41. The molecule has 0 radical (unpaired) electrons. The molecule has 2 fully saturated rings. The first-order valence-electron chi connectivity index (χ1n) is 8.79. The SMILES string of the molecule is Cc1ccc(C(F)(F)F)cc1-c1nc([C@@H]2CC23CCN(S(N)(=O)=O)CC3)no1. The zero-order valence-corrected chi connectivity index (χ0v) is 15.8. The third-order valence-electron chi connectivity index (χ3n) is 5.82. The highest BCUT2D eigenvalue weighted by Gasteiger charge is 2.58. The van der Waals surface area contributed by atoms with Crippen molar-refractivity contribution in [1.29, 1.82) is 0 Å². The Hall–Kier alpha value is -1.98. The van der Waals surface area contributed by atoms with Gasteiger partial charge in [-0.2, -0.15) is 30.9 Å². The Kier molecular flexibility index (Phi) is 4.32. The van der Waals surface area contributed by atoms with Gasteiger partial charge in [0.05, 0.1) is 5.56 Å². The van der Waals surface area contributed by atoms with Gasteiger partial charge >= 0.3 is 6.18 Å². The Morgan fingerprint density at radius 1 is 1.29 bits per heavy atom. The van der Waals surface area contributed by atoms with Crippen molar-refractivity contribution < 1.29 is 26.1 Å². The lowest BCUT2D eigenvalue weighted by molar-refractivity contribution is -0.137. The van der Waals surface area contributed by atoms with Crippen molar-refractivity contribution in [1.82, 2.24) is 14.4 Å². The molecule has 2 N–H and O–H groups in total. The van der Waals surface area contributed by atoms with E-state index in [-0.39, 0.29) is 22.8 Å². The first-order valence-corrected chi connectivity index (χ1v) is 10.3. The van der Waals surface area contributed by atoms with Crippen LogP contribution in [-0.4, -0.2) is 36.0 Å². The maximum Gasteiger partial charge on any atom is 0.416 e. The summed E-state index contributed by atoms with van der Waals surface area (Å²) in [5.74, 6) is 0.525. The average Bonchev–Trinajstić information content (AvgIpc) is 3.07. The second-order valence-corrected chi connectivity index (χ2v) is 9.09. The van der Waals surface area contributed by atoms with Crippen molar-refractivity contribution >= 4 is 10.2 Å². The third-order valence-corrected chi connectivity index (χ3v) is 6.90. The van der Waals surface area contributed by atoms with E-state index in [9.17, 15) is 21.6 Å². The normalized spacial score (nSPS) is 22.5. The van der Waals surface area contributed by atoms with Crippen LogP contribution in [0.3, 0.4) is 0 Å². The lowest BCUT2D eigenvalue weighted by Gasteiger charge is -2.30. The van der Waals surface area contributed by atoms with Crippen LogP contribution >= 0.6 is 0 Å². The summed E-state index contributed by atoms with van der Waals surface area (Å²) in [6.45, 7) is 2.36. The Bertz CT molecular complexity index is 1010. The fourth-order valence-corrected chi connectivity index (χ4v) is 4.66. The fourth-order valence-electron chi connectivity index (χ4n) is 3.97. The maximum atomic E-state index is 13.0. The van der Waals surface area contributed by atoms with Gasteiger partial charge < -0.3 is 4.52 Å². The predicted molar refractivity (Wildman–Crippen MR) is 93.2 cm³/mol. The molecule has 11 heteroatoms. The molecule has 2 aromatic rings. The summed E-state index contributed by atoms with van der Waals surface area (Å²) in [7, 11) is -3.69. The van der Waals surface area contributed by atoms with Crippen LogP contribution in [0.2, 0.25) is 0 Å². The standard InChI is InChI=1S/C17H19F3N4O3S/c1-10-2-3-11(17(18,19)20)8-12(10)15-22-14(23-27-15)13-9-16(13)4-6-24(7-5-16)28(21,25)26/h2-3,8,13H,4-7,9H2,1H3,(H2,21,25,26)/t13-/m0/s1. The molecule has 1 spiro atoms. The van der Waals surface area contributed by atoms with Crippen LogP contribution in [0.25, 0.3) is 11.5 Å². The highest BCUT2D eigenvalue weighted by atomic mass is 32.2. The Morgan fingerprint density at radius 3 is 2.57 bits per heavy atom. The topological polar surface area (TPSA) is 102 Å². The zero-order chi connectivity index (χ0) is 20.3. The van der Waals surface area contributed by atoms with E-state index >= 15 is 0 Å². The maximum absolute atomic E-state index is 13.0. The second kappa shape index (κ2) is 6.26. The summed E-state index contributed by atoms with van der Waals surface area (Å²) in [6.07, 6.45) is -2.38. The van der Waals surface area contributed by atoms with E-state index in [2.05, 4.69) is 10.1 Å².